The molecule has 2 aromatic heterocycles. The molecule has 0 spiro atoms. The number of hydrogen-bond donors (Lipinski definition) is 3. The molecule has 9 heteroatoms. The smallest absolute Gasteiger partial charge is 0.356 e. The van der Waals surface area contributed by atoms with E-state index in [4.69, 9.17) is 5.11 Å². The molecule has 0 unspecified atom stereocenters. The van der Waals surface area contributed by atoms with E-state index in [0.29, 0.717) is 0 Å². The van der Waals surface area contributed by atoms with E-state index in [1.165, 1.54) is 17.1 Å². The van der Waals surface area contributed by atoms with E-state index in [-0.39, 0.29) is 18.8 Å². The third-order valence-electron chi connectivity index (χ3n) is 2.20. The van der Waals surface area contributed by atoms with Crippen LogP contribution in [0.3, 0.4) is 0 Å². The molecule has 0 atom stereocenters. The van der Waals surface area contributed by atoms with Gasteiger partial charge in [0.1, 0.15) is 0 Å². The first-order chi connectivity index (χ1) is 8.08. The monoisotopic (exact) mass is 239 g/mol. The van der Waals surface area contributed by atoms with Crippen LogP contribution in [0.15, 0.2) is 22.1 Å². The topological polar surface area (TPSA) is 126 Å². The molecule has 0 aliphatic heterocycles. The van der Waals surface area contributed by atoms with Gasteiger partial charge in [-0.2, -0.15) is 0 Å². The van der Waals surface area contributed by atoms with Gasteiger partial charge in [-0.05, 0) is 0 Å². The van der Waals surface area contributed by atoms with Gasteiger partial charge in [-0.1, -0.05) is 0 Å². The normalized spacial score (nSPS) is 10.6. The largest absolute Gasteiger partial charge is 0.476 e. The highest BCUT2D eigenvalue weighted by atomic mass is 16.4. The lowest BCUT2D eigenvalue weighted by Gasteiger charge is -2.00. The number of nitrogens with zero attached hydrogens (tertiary/aromatic N) is 3. The van der Waals surface area contributed by atoms with Gasteiger partial charge in [0.15, 0.2) is 5.69 Å². The van der Waals surface area contributed by atoms with E-state index in [1.807, 2.05) is 0 Å². The molecular weight excluding hydrogens is 230 g/mol. The highest BCUT2D eigenvalue weighted by Crippen LogP contribution is 1.96. The predicted octanol–water partition coefficient (Wildman–Crippen LogP) is -1.54. The number of aromatic amines is 2. The summed E-state index contributed by atoms with van der Waals surface area (Å²) in [5, 5.41) is 12.9. The van der Waals surface area contributed by atoms with Crippen LogP contribution in [0.5, 0.6) is 0 Å². The second-order valence-electron chi connectivity index (χ2n) is 3.31. The van der Waals surface area contributed by atoms with Crippen LogP contribution in [0.1, 0.15) is 10.5 Å². The average molecular weight is 239 g/mol. The van der Waals surface area contributed by atoms with Crippen LogP contribution in [-0.2, 0) is 13.1 Å². The minimum Gasteiger partial charge on any atom is -0.476 e. The van der Waals surface area contributed by atoms with Gasteiger partial charge >= 0.3 is 17.3 Å². The number of carbonyl (C=O) groups is 1. The van der Waals surface area contributed by atoms with E-state index < -0.39 is 17.3 Å². The molecule has 0 saturated heterocycles. The summed E-state index contributed by atoms with van der Waals surface area (Å²) in [4.78, 5) is 36.5. The van der Waals surface area contributed by atoms with Crippen molar-refractivity contribution in [1.29, 1.82) is 0 Å². The van der Waals surface area contributed by atoms with Crippen LogP contribution in [0.25, 0.3) is 0 Å². The Hall–Kier alpha value is -2.58. The van der Waals surface area contributed by atoms with Crippen molar-refractivity contribution in [3.63, 3.8) is 0 Å². The van der Waals surface area contributed by atoms with E-state index in [1.54, 1.807) is 0 Å². The van der Waals surface area contributed by atoms with Crippen LogP contribution in [0, 0.1) is 0 Å². The van der Waals surface area contributed by atoms with E-state index in [0.717, 1.165) is 4.57 Å². The molecule has 0 bridgehead atoms. The van der Waals surface area contributed by atoms with Crippen molar-refractivity contribution < 1.29 is 9.90 Å². The van der Waals surface area contributed by atoms with Gasteiger partial charge in [0.05, 0.1) is 12.9 Å². The van der Waals surface area contributed by atoms with Gasteiger partial charge in [-0.3, -0.25) is 0 Å². The van der Waals surface area contributed by atoms with Gasteiger partial charge in [-0.25, -0.2) is 34.1 Å². The van der Waals surface area contributed by atoms with Crippen molar-refractivity contribution in [2.75, 3.05) is 0 Å². The maximum Gasteiger partial charge on any atom is 0.356 e. The zero-order valence-electron chi connectivity index (χ0n) is 8.58. The summed E-state index contributed by atoms with van der Waals surface area (Å²) >= 11 is 0. The Bertz CT molecular complexity index is 618. The van der Waals surface area contributed by atoms with Gasteiger partial charge < -0.3 is 9.67 Å². The van der Waals surface area contributed by atoms with Crippen LogP contribution < -0.4 is 11.4 Å². The first kappa shape index (κ1) is 10.9. The molecule has 0 saturated carbocycles. The number of H-pyrrole nitrogens is 2. The highest BCUT2D eigenvalue weighted by molar-refractivity contribution is 5.84. The number of carboxylic acid groups (broad SMARTS) is 1. The van der Waals surface area contributed by atoms with Gasteiger partial charge in [0.2, 0.25) is 0 Å². The second-order valence-corrected chi connectivity index (χ2v) is 3.31. The quantitative estimate of drug-likeness (QED) is 0.596. The summed E-state index contributed by atoms with van der Waals surface area (Å²) in [6.45, 7) is 0.411. The molecule has 2 heterocycles. The molecule has 0 amide bonds. The summed E-state index contributed by atoms with van der Waals surface area (Å²) < 4.78 is 2.46. The molecule has 17 heavy (non-hydrogen) atoms. The molecule has 3 N–H and O–H groups in total. The number of aromatic carboxylic acids is 1. The Balaban J connectivity index is 2.10. The average Bonchev–Trinajstić information content (AvgIpc) is 2.85. The van der Waals surface area contributed by atoms with Gasteiger partial charge in [0.25, 0.3) is 0 Å². The zero-order valence-corrected chi connectivity index (χ0v) is 8.58. The van der Waals surface area contributed by atoms with Crippen LogP contribution in [0.2, 0.25) is 0 Å². The molecule has 0 aliphatic rings. The molecule has 0 aromatic carbocycles. The number of imidazole rings is 1. The fraction of sp³-hybridized carbons (Fsp3) is 0.250. The summed E-state index contributed by atoms with van der Waals surface area (Å²) in [5.41, 5.74) is -1.15. The maximum atomic E-state index is 11.1. The third kappa shape index (κ3) is 2.17. The lowest BCUT2D eigenvalue weighted by atomic mass is 10.5. The summed E-state index contributed by atoms with van der Waals surface area (Å²) in [7, 11) is 0. The summed E-state index contributed by atoms with van der Waals surface area (Å²) in [6.07, 6.45) is 2.66. The first-order valence-electron chi connectivity index (χ1n) is 4.70. The van der Waals surface area contributed by atoms with Crippen LogP contribution in [0.4, 0.5) is 0 Å². The molecule has 0 aliphatic carbocycles. The molecule has 2 rings (SSSR count). The lowest BCUT2D eigenvalue weighted by molar-refractivity contribution is 0.0691. The molecule has 90 valence electrons. The van der Waals surface area contributed by atoms with E-state index in [9.17, 15) is 14.4 Å². The number of rotatable bonds is 4. The number of hydrogen-bond acceptors (Lipinski definition) is 4. The Kier molecular flexibility index (Phi) is 2.65. The van der Waals surface area contributed by atoms with Crippen LogP contribution in [-0.4, -0.2) is 35.4 Å². The van der Waals surface area contributed by atoms with Crippen molar-refractivity contribution in [1.82, 2.24) is 24.3 Å². The van der Waals surface area contributed by atoms with Crippen LogP contribution >= 0.6 is 0 Å². The molecule has 2 aromatic rings. The third-order valence-corrected chi connectivity index (χ3v) is 2.20. The summed E-state index contributed by atoms with van der Waals surface area (Å²) in [5.74, 6) is -1.12. The highest BCUT2D eigenvalue weighted by Gasteiger charge is 2.07. The Morgan fingerprint density at radius 2 is 1.94 bits per heavy atom. The number of nitrogens with one attached hydrogen (secondary N) is 2. The van der Waals surface area contributed by atoms with Gasteiger partial charge in [-0.15, -0.1) is 0 Å². The summed E-state index contributed by atoms with van der Waals surface area (Å²) in [6, 6.07) is 0. The van der Waals surface area contributed by atoms with Gasteiger partial charge in [0, 0.05) is 12.7 Å². The fourth-order valence-electron chi connectivity index (χ4n) is 1.35. The minimum atomic E-state index is -1.12. The van der Waals surface area contributed by atoms with Crippen molar-refractivity contribution in [2.24, 2.45) is 0 Å². The number of aromatic nitrogens is 5. The van der Waals surface area contributed by atoms with E-state index >= 15 is 0 Å². The van der Waals surface area contributed by atoms with Crippen molar-refractivity contribution in [3.05, 3.63) is 39.2 Å². The standard InChI is InChI=1S/C8H9N5O4/c14-6(15)5-3-12(4-9-5)1-2-13-7(16)10-11-8(13)17/h3-4H,1-2H2,(H,10,16)(H,11,17)(H,14,15). The first-order valence-corrected chi connectivity index (χ1v) is 4.70. The molecular formula is C8H9N5O4. The van der Waals surface area contributed by atoms with Crippen molar-refractivity contribution >= 4 is 5.97 Å². The fourth-order valence-corrected chi connectivity index (χ4v) is 1.35. The van der Waals surface area contributed by atoms with E-state index in [2.05, 4.69) is 15.2 Å². The number of aryl methyl sites for hydroxylation is 1. The second kappa shape index (κ2) is 4.12. The minimum absolute atomic E-state index is 0.0830. The lowest BCUT2D eigenvalue weighted by Crippen LogP contribution is -2.28. The zero-order chi connectivity index (χ0) is 12.4. The molecule has 0 fully saturated rings. The predicted molar refractivity (Wildman–Crippen MR) is 54.9 cm³/mol. The molecule has 0 radical (unpaired) electrons. The Labute approximate surface area is 93.3 Å². The number of carboxylic acids is 1. The van der Waals surface area contributed by atoms with Crippen molar-refractivity contribution in [2.45, 2.75) is 13.1 Å². The Morgan fingerprint density at radius 1 is 1.29 bits per heavy atom. The SMILES string of the molecule is O=C(O)c1cn(CCn2c(=O)[nH][nH]c2=O)cn1. The molecule has 9 nitrogen and oxygen atoms in total. The maximum absolute atomic E-state index is 11.1. The Morgan fingerprint density at radius 3 is 2.47 bits per heavy atom. The van der Waals surface area contributed by atoms with Crippen molar-refractivity contribution in [3.8, 4) is 0 Å².